The van der Waals surface area contributed by atoms with Crippen molar-refractivity contribution >= 4 is 17.4 Å². The number of carbonyl (C=O) groups is 1. The Morgan fingerprint density at radius 2 is 1.97 bits per heavy atom. The Morgan fingerprint density at radius 3 is 2.62 bits per heavy atom. The zero-order valence-electron chi connectivity index (χ0n) is 19.0. The molecule has 0 spiro atoms. The molecule has 0 saturated heterocycles. The van der Waals surface area contributed by atoms with Crippen molar-refractivity contribution in [3.8, 4) is 22.9 Å². The lowest BCUT2D eigenvalue weighted by molar-refractivity contribution is -0.137. The summed E-state index contributed by atoms with van der Waals surface area (Å²) in [7, 11) is 1.56. The molecule has 1 aliphatic rings. The lowest BCUT2D eigenvalue weighted by atomic mass is 9.95. The molecule has 1 unspecified atom stereocenters. The molecule has 0 amide bonds. The minimum absolute atomic E-state index is 0.0874. The third-order valence-electron chi connectivity index (χ3n) is 5.97. The number of anilines is 1. The predicted octanol–water partition coefficient (Wildman–Crippen LogP) is 5.33. The zero-order valence-corrected chi connectivity index (χ0v) is 19.0. The molecule has 0 fully saturated rings. The fourth-order valence-electron chi connectivity index (χ4n) is 4.16. The second-order valence-corrected chi connectivity index (χ2v) is 8.29. The van der Waals surface area contributed by atoms with Gasteiger partial charge in [0.05, 0.1) is 25.3 Å². The lowest BCUT2D eigenvalue weighted by Gasteiger charge is -2.22. The van der Waals surface area contributed by atoms with Crippen LogP contribution >= 0.6 is 0 Å². The van der Waals surface area contributed by atoms with E-state index in [1.807, 2.05) is 55.5 Å². The number of carboxylic acid groups (broad SMARTS) is 1. The normalized spacial score (nSPS) is 15.1. The van der Waals surface area contributed by atoms with Gasteiger partial charge in [0.25, 0.3) is 0 Å². The number of hydrogen-bond donors (Lipinski definition) is 1. The van der Waals surface area contributed by atoms with Crippen LogP contribution in [0.4, 0.5) is 10.1 Å². The van der Waals surface area contributed by atoms with Gasteiger partial charge >= 0.3 is 5.97 Å². The second-order valence-electron chi connectivity index (χ2n) is 8.29. The van der Waals surface area contributed by atoms with Crippen LogP contribution in [-0.4, -0.2) is 29.9 Å². The topological polar surface area (TPSA) is 85.9 Å². The summed E-state index contributed by atoms with van der Waals surface area (Å²) < 4.78 is 19.6. The third kappa shape index (κ3) is 4.91. The van der Waals surface area contributed by atoms with E-state index in [1.165, 1.54) is 6.07 Å². The SMILES string of the molecule is COc1ccc(F)c(-c2ccc(Cc3ccc(N4N=C(C#N)CC4CC(=O)O)cc3)c(C)c2)c1. The molecule has 0 saturated carbocycles. The Morgan fingerprint density at radius 1 is 1.21 bits per heavy atom. The van der Waals surface area contributed by atoms with Crippen molar-refractivity contribution in [1.82, 2.24) is 0 Å². The van der Waals surface area contributed by atoms with Gasteiger partial charge in [-0.2, -0.15) is 10.4 Å². The molecule has 172 valence electrons. The number of aliphatic carboxylic acids is 1. The van der Waals surface area contributed by atoms with Crippen LogP contribution in [0.1, 0.15) is 29.5 Å². The number of aryl methyl sites for hydroxylation is 1. The van der Waals surface area contributed by atoms with Gasteiger partial charge in [-0.3, -0.25) is 9.80 Å². The molecule has 4 rings (SSSR count). The molecule has 0 aromatic heterocycles. The summed E-state index contributed by atoms with van der Waals surface area (Å²) >= 11 is 0. The minimum Gasteiger partial charge on any atom is -0.497 e. The first-order valence-corrected chi connectivity index (χ1v) is 10.9. The number of benzene rings is 3. The summed E-state index contributed by atoms with van der Waals surface area (Å²) in [6.07, 6.45) is 0.929. The van der Waals surface area contributed by atoms with Crippen LogP contribution in [0.5, 0.6) is 5.75 Å². The van der Waals surface area contributed by atoms with Gasteiger partial charge in [-0.25, -0.2) is 4.39 Å². The van der Waals surface area contributed by atoms with Crippen LogP contribution in [-0.2, 0) is 11.2 Å². The van der Waals surface area contributed by atoms with E-state index in [9.17, 15) is 14.3 Å². The lowest BCUT2D eigenvalue weighted by Crippen LogP contribution is -2.28. The van der Waals surface area contributed by atoms with Crippen LogP contribution in [0.15, 0.2) is 65.8 Å². The number of methoxy groups -OCH3 is 1. The van der Waals surface area contributed by atoms with Gasteiger partial charge in [0, 0.05) is 12.0 Å². The van der Waals surface area contributed by atoms with Crippen molar-refractivity contribution in [3.05, 3.63) is 83.2 Å². The Kier molecular flexibility index (Phi) is 6.60. The highest BCUT2D eigenvalue weighted by Gasteiger charge is 2.29. The number of halogens is 1. The number of rotatable bonds is 7. The standard InChI is InChI=1S/C27H24FN3O3/c1-17-11-20(25-15-24(34-2)9-10-26(25)28)6-5-19(17)12-18-3-7-22(8-4-18)31-23(14-27(32)33)13-21(16-29)30-31/h3-11,15,23H,12-14H2,1-2H3,(H,32,33). The van der Waals surface area contributed by atoms with E-state index in [0.29, 0.717) is 29.9 Å². The quantitative estimate of drug-likeness (QED) is 0.518. The van der Waals surface area contributed by atoms with Crippen molar-refractivity contribution in [3.63, 3.8) is 0 Å². The summed E-state index contributed by atoms with van der Waals surface area (Å²) in [5.41, 5.74) is 5.61. The Bertz CT molecular complexity index is 1300. The van der Waals surface area contributed by atoms with Crippen molar-refractivity contribution in [2.24, 2.45) is 5.10 Å². The molecule has 1 heterocycles. The van der Waals surface area contributed by atoms with Crippen LogP contribution in [0.2, 0.25) is 0 Å². The first kappa shape index (κ1) is 23.0. The highest BCUT2D eigenvalue weighted by atomic mass is 19.1. The number of hydrazone groups is 1. The van der Waals surface area contributed by atoms with E-state index in [-0.39, 0.29) is 18.3 Å². The third-order valence-corrected chi connectivity index (χ3v) is 5.97. The van der Waals surface area contributed by atoms with Crippen LogP contribution < -0.4 is 9.75 Å². The van der Waals surface area contributed by atoms with E-state index in [0.717, 1.165) is 27.9 Å². The summed E-state index contributed by atoms with van der Waals surface area (Å²) in [5.74, 6) is -0.615. The number of nitriles is 1. The molecule has 0 aliphatic carbocycles. The predicted molar refractivity (Wildman–Crippen MR) is 129 cm³/mol. The molecule has 3 aromatic rings. The largest absolute Gasteiger partial charge is 0.497 e. The van der Waals surface area contributed by atoms with E-state index in [4.69, 9.17) is 10.00 Å². The number of hydrogen-bond acceptors (Lipinski definition) is 5. The van der Waals surface area contributed by atoms with Crippen molar-refractivity contribution in [1.29, 1.82) is 5.26 Å². The van der Waals surface area contributed by atoms with Crippen LogP contribution in [0.3, 0.4) is 0 Å². The van der Waals surface area contributed by atoms with Gasteiger partial charge in [-0.1, -0.05) is 30.3 Å². The van der Waals surface area contributed by atoms with Gasteiger partial charge in [0.15, 0.2) is 0 Å². The maximum absolute atomic E-state index is 14.4. The van der Waals surface area contributed by atoms with E-state index in [2.05, 4.69) is 5.10 Å². The van der Waals surface area contributed by atoms with Gasteiger partial charge in [-0.15, -0.1) is 0 Å². The molecule has 6 nitrogen and oxygen atoms in total. The monoisotopic (exact) mass is 457 g/mol. The summed E-state index contributed by atoms with van der Waals surface area (Å²) in [5, 5.41) is 24.3. The van der Waals surface area contributed by atoms with Crippen molar-refractivity contribution < 1.29 is 19.0 Å². The van der Waals surface area contributed by atoms with Gasteiger partial charge in [-0.05, 0) is 65.9 Å². The van der Waals surface area contributed by atoms with Crippen LogP contribution in [0, 0.1) is 24.1 Å². The number of ether oxygens (including phenoxy) is 1. The molecule has 1 N–H and O–H groups in total. The van der Waals surface area contributed by atoms with Gasteiger partial charge in [0.2, 0.25) is 0 Å². The smallest absolute Gasteiger partial charge is 0.305 e. The Balaban J connectivity index is 1.52. The van der Waals surface area contributed by atoms with E-state index >= 15 is 0 Å². The fourth-order valence-corrected chi connectivity index (χ4v) is 4.16. The molecular weight excluding hydrogens is 433 g/mol. The molecule has 7 heteroatoms. The molecule has 34 heavy (non-hydrogen) atoms. The van der Waals surface area contributed by atoms with Crippen LogP contribution in [0.25, 0.3) is 11.1 Å². The van der Waals surface area contributed by atoms with Crippen molar-refractivity contribution in [2.75, 3.05) is 12.1 Å². The van der Waals surface area contributed by atoms with E-state index < -0.39 is 5.97 Å². The average Bonchev–Trinajstić information content (AvgIpc) is 3.23. The summed E-state index contributed by atoms with van der Waals surface area (Å²) in [4.78, 5) is 11.2. The van der Waals surface area contributed by atoms with Gasteiger partial charge < -0.3 is 9.84 Å². The number of nitrogens with zero attached hydrogens (tertiary/aromatic N) is 3. The van der Waals surface area contributed by atoms with E-state index in [1.54, 1.807) is 24.3 Å². The highest BCUT2D eigenvalue weighted by molar-refractivity contribution is 6.01. The molecular formula is C27H24FN3O3. The molecule has 1 atom stereocenters. The Labute approximate surface area is 197 Å². The fraction of sp³-hybridized carbons (Fsp3) is 0.222. The second kappa shape index (κ2) is 9.75. The zero-order chi connectivity index (χ0) is 24.2. The highest BCUT2D eigenvalue weighted by Crippen LogP contribution is 2.30. The van der Waals surface area contributed by atoms with Crippen molar-refractivity contribution in [2.45, 2.75) is 32.2 Å². The average molecular weight is 458 g/mol. The first-order chi connectivity index (χ1) is 16.4. The maximum Gasteiger partial charge on any atom is 0.305 e. The molecule has 3 aromatic carbocycles. The first-order valence-electron chi connectivity index (χ1n) is 10.9. The Hall–Kier alpha value is -4.18. The molecule has 1 aliphatic heterocycles. The maximum atomic E-state index is 14.4. The molecule has 0 radical (unpaired) electrons. The number of carboxylic acids is 1. The minimum atomic E-state index is -0.922. The van der Waals surface area contributed by atoms with Gasteiger partial charge in [0.1, 0.15) is 23.3 Å². The summed E-state index contributed by atoms with van der Waals surface area (Å²) in [6, 6.07) is 20.0. The molecule has 0 bridgehead atoms. The summed E-state index contributed by atoms with van der Waals surface area (Å²) in [6.45, 7) is 2.00.